The Kier molecular flexibility index (Phi) is 6.72. The second kappa shape index (κ2) is 9.86. The van der Waals surface area contributed by atoms with Crippen LogP contribution in [0.4, 0.5) is 26.0 Å². The lowest BCUT2D eigenvalue weighted by molar-refractivity contribution is 0.0763. The van der Waals surface area contributed by atoms with E-state index in [9.17, 15) is 14.3 Å². The van der Waals surface area contributed by atoms with Crippen LogP contribution in [0.15, 0.2) is 41.8 Å². The lowest BCUT2D eigenvalue weighted by atomic mass is 10.0. The summed E-state index contributed by atoms with van der Waals surface area (Å²) in [6.45, 7) is 9.13. The van der Waals surface area contributed by atoms with Crippen molar-refractivity contribution >= 4 is 39.8 Å². The summed E-state index contributed by atoms with van der Waals surface area (Å²) >= 11 is 1.50. The number of anilines is 3. The molecule has 38 heavy (non-hydrogen) atoms. The van der Waals surface area contributed by atoms with E-state index in [2.05, 4.69) is 11.8 Å². The van der Waals surface area contributed by atoms with Gasteiger partial charge in [0.15, 0.2) is 16.6 Å². The zero-order valence-corrected chi connectivity index (χ0v) is 23.0. The van der Waals surface area contributed by atoms with E-state index >= 15 is 0 Å². The van der Waals surface area contributed by atoms with Crippen LogP contribution in [0.2, 0.25) is 0 Å². The SMILES string of the molecule is CCc1nc2ccc(N3CCC(N(C(=O)O)C(C)(C)C)C3)nn2c1N(C)c1nc(-c2ccc(F)cc2)cs1. The number of benzene rings is 1. The van der Waals surface area contributed by atoms with Gasteiger partial charge in [0.2, 0.25) is 0 Å². The molecule has 1 amide bonds. The minimum absolute atomic E-state index is 0.110. The van der Waals surface area contributed by atoms with E-state index < -0.39 is 11.6 Å². The van der Waals surface area contributed by atoms with Crippen LogP contribution >= 0.6 is 11.3 Å². The van der Waals surface area contributed by atoms with Crippen molar-refractivity contribution in [3.8, 4) is 11.3 Å². The standard InChI is InChI=1S/C27H32FN7O2S/c1-6-20-24(32(5)25-30-21(16-38-25)17-7-9-18(28)10-8-17)35-22(29-20)11-12-23(31-35)33-14-13-19(15-33)34(26(36)37)27(2,3)4/h7-12,16,19H,6,13-15H2,1-5H3,(H,36,37). The van der Waals surface area contributed by atoms with E-state index in [1.807, 2.05) is 54.7 Å². The smallest absolute Gasteiger partial charge is 0.408 e. The number of aryl methyl sites for hydroxylation is 1. The van der Waals surface area contributed by atoms with Crippen molar-refractivity contribution in [1.29, 1.82) is 0 Å². The molecule has 4 aromatic rings. The molecular weight excluding hydrogens is 505 g/mol. The summed E-state index contributed by atoms with van der Waals surface area (Å²) in [5.74, 6) is 1.34. The van der Waals surface area contributed by atoms with Crippen molar-refractivity contribution in [3.63, 3.8) is 0 Å². The number of thiazole rings is 1. The molecule has 9 nitrogen and oxygen atoms in total. The first-order valence-corrected chi connectivity index (χ1v) is 13.6. The first kappa shape index (κ1) is 25.9. The van der Waals surface area contributed by atoms with Crippen molar-refractivity contribution in [2.45, 2.75) is 52.1 Å². The van der Waals surface area contributed by atoms with Crippen molar-refractivity contribution in [2.24, 2.45) is 0 Å². The fraction of sp³-hybridized carbons (Fsp3) is 0.407. The summed E-state index contributed by atoms with van der Waals surface area (Å²) < 4.78 is 15.2. The summed E-state index contributed by atoms with van der Waals surface area (Å²) in [5.41, 5.74) is 2.79. The second-order valence-electron chi connectivity index (χ2n) is 10.5. The molecule has 1 atom stereocenters. The van der Waals surface area contributed by atoms with Gasteiger partial charge < -0.3 is 14.9 Å². The molecule has 0 saturated carbocycles. The monoisotopic (exact) mass is 537 g/mol. The molecule has 1 fully saturated rings. The van der Waals surface area contributed by atoms with Crippen LogP contribution in [0, 0.1) is 5.82 Å². The van der Waals surface area contributed by atoms with Crippen molar-refractivity contribution in [3.05, 3.63) is 53.3 Å². The third-order valence-electron chi connectivity index (χ3n) is 6.86. The molecule has 0 bridgehead atoms. The number of imidazole rings is 1. The molecule has 0 radical (unpaired) electrons. The molecule has 1 unspecified atom stereocenters. The van der Waals surface area contributed by atoms with Crippen LogP contribution in [-0.4, -0.2) is 67.4 Å². The maximum atomic E-state index is 13.4. The van der Waals surface area contributed by atoms with E-state index in [1.165, 1.54) is 23.5 Å². The Balaban J connectivity index is 1.46. The molecule has 5 rings (SSSR count). The summed E-state index contributed by atoms with van der Waals surface area (Å²) in [6, 6.07) is 10.1. The van der Waals surface area contributed by atoms with E-state index in [0.29, 0.717) is 6.54 Å². The molecule has 3 aromatic heterocycles. The normalized spacial score (nSPS) is 15.8. The quantitative estimate of drug-likeness (QED) is 0.338. The Morgan fingerprint density at radius 2 is 1.92 bits per heavy atom. The summed E-state index contributed by atoms with van der Waals surface area (Å²) in [4.78, 5) is 27.3. The Labute approximate surface area is 225 Å². The number of carboxylic acid groups (broad SMARTS) is 1. The van der Waals surface area contributed by atoms with Crippen molar-refractivity contribution in [1.82, 2.24) is 24.5 Å². The van der Waals surface area contributed by atoms with Gasteiger partial charge in [0, 0.05) is 36.6 Å². The third kappa shape index (κ3) is 4.78. The van der Waals surface area contributed by atoms with E-state index in [0.717, 1.165) is 58.8 Å². The fourth-order valence-corrected chi connectivity index (χ4v) is 5.91. The predicted octanol–water partition coefficient (Wildman–Crippen LogP) is 5.68. The van der Waals surface area contributed by atoms with Gasteiger partial charge in [0.25, 0.3) is 0 Å². The van der Waals surface area contributed by atoms with Gasteiger partial charge in [-0.3, -0.25) is 4.90 Å². The topological polar surface area (TPSA) is 90.1 Å². The number of rotatable bonds is 6. The third-order valence-corrected chi connectivity index (χ3v) is 7.78. The van der Waals surface area contributed by atoms with Gasteiger partial charge in [-0.05, 0) is 70.0 Å². The van der Waals surface area contributed by atoms with Gasteiger partial charge in [-0.25, -0.2) is 19.2 Å². The average molecular weight is 538 g/mol. The van der Waals surface area contributed by atoms with Gasteiger partial charge in [0.05, 0.1) is 17.4 Å². The second-order valence-corrected chi connectivity index (χ2v) is 11.3. The highest BCUT2D eigenvalue weighted by molar-refractivity contribution is 7.14. The van der Waals surface area contributed by atoms with Crippen LogP contribution in [0.5, 0.6) is 0 Å². The Bertz CT molecular complexity index is 1460. The molecule has 11 heteroatoms. The number of aromatic nitrogens is 4. The first-order valence-electron chi connectivity index (χ1n) is 12.7. The van der Waals surface area contributed by atoms with Crippen LogP contribution in [0.1, 0.15) is 39.8 Å². The van der Waals surface area contributed by atoms with Gasteiger partial charge in [-0.15, -0.1) is 16.4 Å². The molecule has 200 valence electrons. The number of nitrogens with zero attached hydrogens (tertiary/aromatic N) is 7. The molecule has 0 aliphatic carbocycles. The maximum absolute atomic E-state index is 13.4. The first-order chi connectivity index (χ1) is 18.1. The molecule has 1 saturated heterocycles. The summed E-state index contributed by atoms with van der Waals surface area (Å²) in [7, 11) is 1.95. The van der Waals surface area contributed by atoms with Gasteiger partial charge in [-0.1, -0.05) is 6.92 Å². The lowest BCUT2D eigenvalue weighted by Crippen LogP contribution is -2.52. The molecule has 1 N–H and O–H groups in total. The zero-order chi connectivity index (χ0) is 27.2. The fourth-order valence-electron chi connectivity index (χ4n) is 5.11. The van der Waals surface area contributed by atoms with Gasteiger partial charge in [0.1, 0.15) is 11.6 Å². The maximum Gasteiger partial charge on any atom is 0.408 e. The Morgan fingerprint density at radius 1 is 1.18 bits per heavy atom. The van der Waals surface area contributed by atoms with E-state index in [1.54, 1.807) is 17.0 Å². The van der Waals surface area contributed by atoms with Crippen LogP contribution < -0.4 is 9.80 Å². The highest BCUT2D eigenvalue weighted by Crippen LogP contribution is 2.34. The summed E-state index contributed by atoms with van der Waals surface area (Å²) in [5, 5.41) is 17.5. The largest absolute Gasteiger partial charge is 0.465 e. The van der Waals surface area contributed by atoms with Crippen molar-refractivity contribution < 1.29 is 14.3 Å². The van der Waals surface area contributed by atoms with Gasteiger partial charge in [-0.2, -0.15) is 4.52 Å². The molecular formula is C27H32FN7O2S. The highest BCUT2D eigenvalue weighted by atomic mass is 32.1. The Morgan fingerprint density at radius 3 is 2.58 bits per heavy atom. The lowest BCUT2D eigenvalue weighted by Gasteiger charge is -2.37. The Hall–Kier alpha value is -3.73. The number of halogens is 1. The molecule has 1 aromatic carbocycles. The molecule has 1 aliphatic heterocycles. The van der Waals surface area contributed by atoms with Crippen LogP contribution in [0.25, 0.3) is 16.9 Å². The number of fused-ring (bicyclic) bond motifs is 1. The summed E-state index contributed by atoms with van der Waals surface area (Å²) in [6.07, 6.45) is 0.563. The number of amides is 1. The van der Waals surface area contributed by atoms with E-state index in [4.69, 9.17) is 15.1 Å². The van der Waals surface area contributed by atoms with Crippen LogP contribution in [0.3, 0.4) is 0 Å². The van der Waals surface area contributed by atoms with Gasteiger partial charge >= 0.3 is 6.09 Å². The molecule has 4 heterocycles. The highest BCUT2D eigenvalue weighted by Gasteiger charge is 2.37. The number of hydrogen-bond donors (Lipinski definition) is 1. The van der Waals surface area contributed by atoms with Crippen LogP contribution in [-0.2, 0) is 6.42 Å². The average Bonchev–Trinajstić information content (AvgIpc) is 3.61. The van der Waals surface area contributed by atoms with E-state index in [-0.39, 0.29) is 11.9 Å². The number of hydrogen-bond acceptors (Lipinski definition) is 7. The van der Waals surface area contributed by atoms with Crippen molar-refractivity contribution in [2.75, 3.05) is 29.9 Å². The molecule has 1 aliphatic rings. The minimum atomic E-state index is -0.901. The minimum Gasteiger partial charge on any atom is -0.465 e. The molecule has 0 spiro atoms. The predicted molar refractivity (Wildman–Crippen MR) is 148 cm³/mol. The zero-order valence-electron chi connectivity index (χ0n) is 22.2. The number of carbonyl (C=O) groups is 1.